The third kappa shape index (κ3) is 3.59. The molecule has 0 saturated carbocycles. The fourth-order valence-corrected chi connectivity index (χ4v) is 2.72. The summed E-state index contributed by atoms with van der Waals surface area (Å²) in [6.45, 7) is 1.79. The van der Waals surface area contributed by atoms with Crippen LogP contribution in [0, 0.1) is 5.92 Å². The normalized spacial score (nSPS) is 18.9. The van der Waals surface area contributed by atoms with E-state index in [1.807, 2.05) is 12.1 Å². The Balaban J connectivity index is 1.91. The average Bonchev–Trinajstić information content (AvgIpc) is 2.45. The van der Waals surface area contributed by atoms with Crippen LogP contribution in [0.4, 0.5) is 0 Å². The minimum atomic E-state index is -0.881. The van der Waals surface area contributed by atoms with Crippen LogP contribution in [-0.2, 0) is 16.0 Å². The number of amides is 1. The molecule has 1 aliphatic carbocycles. The molecule has 0 radical (unpaired) electrons. The summed E-state index contributed by atoms with van der Waals surface area (Å²) in [7, 11) is 0. The maximum atomic E-state index is 11.9. The number of carboxylic acid groups (broad SMARTS) is 1. The summed E-state index contributed by atoms with van der Waals surface area (Å²) in [4.78, 5) is 22.7. The lowest BCUT2D eigenvalue weighted by atomic mass is 9.81. The summed E-state index contributed by atoms with van der Waals surface area (Å²) < 4.78 is 0. The van der Waals surface area contributed by atoms with Crippen LogP contribution >= 0.6 is 0 Å². The zero-order valence-corrected chi connectivity index (χ0v) is 11.8. The van der Waals surface area contributed by atoms with Crippen molar-refractivity contribution in [1.82, 2.24) is 5.32 Å². The number of hydrogen-bond donors (Lipinski definition) is 2. The number of carboxylic acids is 1. The van der Waals surface area contributed by atoms with Crippen LogP contribution in [0.15, 0.2) is 24.3 Å². The summed E-state index contributed by atoms with van der Waals surface area (Å²) in [5.41, 5.74) is 2.62. The fourth-order valence-electron chi connectivity index (χ4n) is 2.72. The van der Waals surface area contributed by atoms with Gasteiger partial charge in [0, 0.05) is 13.0 Å². The molecule has 1 aromatic rings. The van der Waals surface area contributed by atoms with Crippen LogP contribution in [0.3, 0.4) is 0 Å². The van der Waals surface area contributed by atoms with Gasteiger partial charge in [0.1, 0.15) is 0 Å². The molecule has 2 N–H and O–H groups in total. The highest BCUT2D eigenvalue weighted by atomic mass is 16.4. The summed E-state index contributed by atoms with van der Waals surface area (Å²) >= 11 is 0. The largest absolute Gasteiger partial charge is 0.481 e. The zero-order valence-electron chi connectivity index (χ0n) is 11.8. The van der Waals surface area contributed by atoms with Crippen molar-refractivity contribution in [3.05, 3.63) is 35.4 Å². The van der Waals surface area contributed by atoms with E-state index < -0.39 is 11.9 Å². The van der Waals surface area contributed by atoms with Gasteiger partial charge in [-0.2, -0.15) is 0 Å². The van der Waals surface area contributed by atoms with Gasteiger partial charge in [-0.05, 0) is 36.3 Å². The lowest BCUT2D eigenvalue weighted by molar-refractivity contribution is -0.141. The summed E-state index contributed by atoms with van der Waals surface area (Å²) in [5.74, 6) is -1.22. The van der Waals surface area contributed by atoms with E-state index >= 15 is 0 Å². The molecular weight excluding hydrogens is 254 g/mol. The molecule has 0 heterocycles. The first-order chi connectivity index (χ1) is 9.58. The molecular formula is C16H21NO3. The number of carbonyl (C=O) groups is 2. The molecule has 2 atom stereocenters. The molecule has 0 saturated heterocycles. The molecule has 0 aliphatic heterocycles. The average molecular weight is 275 g/mol. The van der Waals surface area contributed by atoms with Gasteiger partial charge >= 0.3 is 5.97 Å². The Labute approximate surface area is 119 Å². The van der Waals surface area contributed by atoms with Gasteiger partial charge in [0.15, 0.2) is 0 Å². The molecule has 0 aromatic heterocycles. The predicted octanol–water partition coefficient (Wildman–Crippen LogP) is 2.33. The standard InChI is InChI=1S/C16H21NO3/c1-11(16(19)20)10-17-15(18)9-13-7-4-6-12-5-2-3-8-14(12)13/h2-3,5,8,11,13H,4,6-7,9-10H2,1H3,(H,17,18)(H,19,20). The van der Waals surface area contributed by atoms with Crippen molar-refractivity contribution in [2.75, 3.05) is 6.54 Å². The van der Waals surface area contributed by atoms with Crippen LogP contribution in [0.1, 0.15) is 43.2 Å². The minimum Gasteiger partial charge on any atom is -0.481 e. The Bertz CT molecular complexity index is 498. The van der Waals surface area contributed by atoms with Gasteiger partial charge in [-0.1, -0.05) is 31.2 Å². The SMILES string of the molecule is CC(CNC(=O)CC1CCCc2ccccc21)C(=O)O. The van der Waals surface area contributed by atoms with Crippen molar-refractivity contribution in [1.29, 1.82) is 0 Å². The maximum absolute atomic E-state index is 11.9. The van der Waals surface area contributed by atoms with Gasteiger partial charge < -0.3 is 10.4 Å². The molecule has 4 nitrogen and oxygen atoms in total. The Hall–Kier alpha value is -1.84. The Morgan fingerprint density at radius 1 is 1.40 bits per heavy atom. The monoisotopic (exact) mass is 275 g/mol. The summed E-state index contributed by atoms with van der Waals surface area (Å²) in [5, 5.41) is 11.5. The topological polar surface area (TPSA) is 66.4 Å². The second-order valence-corrected chi connectivity index (χ2v) is 5.54. The highest BCUT2D eigenvalue weighted by Gasteiger charge is 2.22. The molecule has 1 aliphatic rings. The van der Waals surface area contributed by atoms with Crippen molar-refractivity contribution >= 4 is 11.9 Å². The van der Waals surface area contributed by atoms with Crippen molar-refractivity contribution in [2.45, 2.75) is 38.5 Å². The molecule has 0 spiro atoms. The van der Waals surface area contributed by atoms with E-state index in [-0.39, 0.29) is 18.4 Å². The third-order valence-electron chi connectivity index (χ3n) is 3.95. The van der Waals surface area contributed by atoms with Crippen molar-refractivity contribution in [3.8, 4) is 0 Å². The van der Waals surface area contributed by atoms with Crippen molar-refractivity contribution in [2.24, 2.45) is 5.92 Å². The lowest BCUT2D eigenvalue weighted by Gasteiger charge is -2.25. The quantitative estimate of drug-likeness (QED) is 0.866. The first kappa shape index (κ1) is 14.6. The first-order valence-electron chi connectivity index (χ1n) is 7.15. The molecule has 4 heteroatoms. The molecule has 108 valence electrons. The van der Waals surface area contributed by atoms with Gasteiger partial charge in [0.05, 0.1) is 5.92 Å². The number of carbonyl (C=O) groups excluding carboxylic acids is 1. The number of aliphatic carboxylic acids is 1. The molecule has 0 bridgehead atoms. The molecule has 0 fully saturated rings. The van der Waals surface area contributed by atoms with Crippen LogP contribution in [-0.4, -0.2) is 23.5 Å². The zero-order chi connectivity index (χ0) is 14.5. The summed E-state index contributed by atoms with van der Waals surface area (Å²) in [6, 6.07) is 8.29. The highest BCUT2D eigenvalue weighted by Crippen LogP contribution is 2.33. The predicted molar refractivity (Wildman–Crippen MR) is 76.5 cm³/mol. The van der Waals surface area contributed by atoms with Gasteiger partial charge in [0.25, 0.3) is 0 Å². The van der Waals surface area contributed by atoms with Crippen molar-refractivity contribution < 1.29 is 14.7 Å². The Kier molecular flexibility index (Phi) is 4.77. The van der Waals surface area contributed by atoms with Crippen LogP contribution in [0.5, 0.6) is 0 Å². The van der Waals surface area contributed by atoms with E-state index in [1.165, 1.54) is 11.1 Å². The van der Waals surface area contributed by atoms with Crippen molar-refractivity contribution in [3.63, 3.8) is 0 Å². The van der Waals surface area contributed by atoms with Crippen LogP contribution in [0.25, 0.3) is 0 Å². The van der Waals surface area contributed by atoms with Gasteiger partial charge in [-0.15, -0.1) is 0 Å². The van der Waals surface area contributed by atoms with E-state index in [1.54, 1.807) is 6.92 Å². The highest BCUT2D eigenvalue weighted by molar-refractivity contribution is 5.78. The maximum Gasteiger partial charge on any atom is 0.308 e. The molecule has 1 aromatic carbocycles. The molecule has 2 rings (SSSR count). The fraction of sp³-hybridized carbons (Fsp3) is 0.500. The number of benzene rings is 1. The van der Waals surface area contributed by atoms with Crippen LogP contribution in [0.2, 0.25) is 0 Å². The van der Waals surface area contributed by atoms with E-state index in [9.17, 15) is 9.59 Å². The second-order valence-electron chi connectivity index (χ2n) is 5.54. The van der Waals surface area contributed by atoms with E-state index in [0.29, 0.717) is 6.42 Å². The third-order valence-corrected chi connectivity index (χ3v) is 3.95. The number of fused-ring (bicyclic) bond motifs is 1. The van der Waals surface area contributed by atoms with Gasteiger partial charge in [0.2, 0.25) is 5.91 Å². The Morgan fingerprint density at radius 2 is 2.15 bits per heavy atom. The number of aryl methyl sites for hydroxylation is 1. The number of nitrogens with one attached hydrogen (secondary N) is 1. The first-order valence-corrected chi connectivity index (χ1v) is 7.15. The smallest absolute Gasteiger partial charge is 0.308 e. The van der Waals surface area contributed by atoms with E-state index in [4.69, 9.17) is 5.11 Å². The molecule has 1 amide bonds. The molecule has 2 unspecified atom stereocenters. The van der Waals surface area contributed by atoms with Gasteiger partial charge in [-0.25, -0.2) is 0 Å². The summed E-state index contributed by atoms with van der Waals surface area (Å²) in [6.07, 6.45) is 3.67. The van der Waals surface area contributed by atoms with Gasteiger partial charge in [-0.3, -0.25) is 9.59 Å². The minimum absolute atomic E-state index is 0.0557. The van der Waals surface area contributed by atoms with E-state index in [0.717, 1.165) is 19.3 Å². The lowest BCUT2D eigenvalue weighted by Crippen LogP contribution is -2.32. The second kappa shape index (κ2) is 6.55. The van der Waals surface area contributed by atoms with E-state index in [2.05, 4.69) is 17.4 Å². The number of hydrogen-bond acceptors (Lipinski definition) is 2. The molecule has 20 heavy (non-hydrogen) atoms. The van der Waals surface area contributed by atoms with Crippen LogP contribution < -0.4 is 5.32 Å². The Morgan fingerprint density at radius 3 is 2.90 bits per heavy atom. The number of rotatable bonds is 5.